The topological polar surface area (TPSA) is 42.0 Å². The Hall–Kier alpha value is -2.42. The van der Waals surface area contributed by atoms with Gasteiger partial charge in [0, 0.05) is 12.1 Å². The van der Waals surface area contributed by atoms with Gasteiger partial charge < -0.3 is 5.32 Å². The molecule has 1 N–H and O–H groups in total. The monoisotopic (exact) mass is 280 g/mol. The largest absolute Gasteiger partial charge is 0.350 e. The zero-order valence-electron chi connectivity index (χ0n) is 12.0. The summed E-state index contributed by atoms with van der Waals surface area (Å²) in [5.41, 5.74) is 2.03. The minimum atomic E-state index is -0.0892. The number of nitrogens with one attached hydrogen (secondary N) is 1. The number of rotatable bonds is 7. The molecule has 0 bridgehead atoms. The Kier molecular flexibility index (Phi) is 5.71. The van der Waals surface area contributed by atoms with E-state index in [-0.39, 0.29) is 11.8 Å². The number of hydrogen-bond donors (Lipinski definition) is 1. The van der Waals surface area contributed by atoms with E-state index in [1.54, 1.807) is 12.3 Å². The standard InChI is InChI=1S/C18H20N2O/c1-2-8-16(13-15-9-4-3-5-10-15)18(21)20-14-17-11-6-7-12-19-17/h2-7,9-12,16H,1,8,13-14H2,(H,20,21). The zero-order chi connectivity index (χ0) is 14.9. The minimum Gasteiger partial charge on any atom is -0.350 e. The lowest BCUT2D eigenvalue weighted by Gasteiger charge is -2.15. The number of aromatic nitrogens is 1. The molecule has 108 valence electrons. The molecule has 3 heteroatoms. The van der Waals surface area contributed by atoms with Crippen molar-refractivity contribution in [3.05, 3.63) is 78.6 Å². The molecule has 0 saturated carbocycles. The second kappa shape index (κ2) is 8.00. The van der Waals surface area contributed by atoms with Crippen LogP contribution < -0.4 is 5.32 Å². The summed E-state index contributed by atoms with van der Waals surface area (Å²) < 4.78 is 0. The Morgan fingerprint density at radius 3 is 2.62 bits per heavy atom. The second-order valence-electron chi connectivity index (χ2n) is 4.95. The SMILES string of the molecule is C=CCC(Cc1ccccc1)C(=O)NCc1ccccn1. The Labute approximate surface area is 125 Å². The molecular formula is C18H20N2O. The van der Waals surface area contributed by atoms with Crippen LogP contribution in [0, 0.1) is 5.92 Å². The fourth-order valence-corrected chi connectivity index (χ4v) is 2.21. The van der Waals surface area contributed by atoms with Crippen LogP contribution in [-0.4, -0.2) is 10.9 Å². The molecule has 0 spiro atoms. The quantitative estimate of drug-likeness (QED) is 0.792. The maximum absolute atomic E-state index is 12.3. The Morgan fingerprint density at radius 2 is 1.95 bits per heavy atom. The third-order valence-electron chi connectivity index (χ3n) is 3.32. The van der Waals surface area contributed by atoms with E-state index in [4.69, 9.17) is 0 Å². The third-order valence-corrected chi connectivity index (χ3v) is 3.32. The fourth-order valence-electron chi connectivity index (χ4n) is 2.21. The van der Waals surface area contributed by atoms with E-state index in [0.29, 0.717) is 13.0 Å². The third kappa shape index (κ3) is 4.88. The van der Waals surface area contributed by atoms with Crippen molar-refractivity contribution in [1.82, 2.24) is 10.3 Å². The molecule has 0 aliphatic heterocycles. The van der Waals surface area contributed by atoms with E-state index in [1.807, 2.05) is 48.5 Å². The van der Waals surface area contributed by atoms with Gasteiger partial charge in [-0.3, -0.25) is 9.78 Å². The molecule has 1 unspecified atom stereocenters. The zero-order valence-corrected chi connectivity index (χ0v) is 12.0. The molecule has 2 rings (SSSR count). The fraction of sp³-hybridized carbons (Fsp3) is 0.222. The molecule has 1 aromatic carbocycles. The van der Waals surface area contributed by atoms with Gasteiger partial charge in [-0.05, 0) is 30.5 Å². The van der Waals surface area contributed by atoms with Crippen LogP contribution >= 0.6 is 0 Å². The summed E-state index contributed by atoms with van der Waals surface area (Å²) in [5.74, 6) is -0.0435. The first-order valence-electron chi connectivity index (χ1n) is 7.12. The Balaban J connectivity index is 1.94. The molecule has 1 aromatic heterocycles. The number of pyridine rings is 1. The lowest BCUT2D eigenvalue weighted by molar-refractivity contribution is -0.125. The predicted octanol–water partition coefficient (Wildman–Crippen LogP) is 3.13. The van der Waals surface area contributed by atoms with Crippen molar-refractivity contribution >= 4 is 5.91 Å². The first-order valence-corrected chi connectivity index (χ1v) is 7.12. The average Bonchev–Trinajstić information content (AvgIpc) is 2.54. The average molecular weight is 280 g/mol. The van der Waals surface area contributed by atoms with Crippen LogP contribution in [0.1, 0.15) is 17.7 Å². The lowest BCUT2D eigenvalue weighted by Crippen LogP contribution is -2.31. The highest BCUT2D eigenvalue weighted by Crippen LogP contribution is 2.13. The highest BCUT2D eigenvalue weighted by molar-refractivity contribution is 5.79. The predicted molar refractivity (Wildman–Crippen MR) is 84.5 cm³/mol. The van der Waals surface area contributed by atoms with Crippen LogP contribution in [0.3, 0.4) is 0 Å². The maximum atomic E-state index is 12.3. The van der Waals surface area contributed by atoms with E-state index < -0.39 is 0 Å². The van der Waals surface area contributed by atoms with Gasteiger partial charge in [-0.2, -0.15) is 0 Å². The molecule has 2 aromatic rings. The van der Waals surface area contributed by atoms with Gasteiger partial charge in [-0.25, -0.2) is 0 Å². The lowest BCUT2D eigenvalue weighted by atomic mass is 9.95. The summed E-state index contributed by atoms with van der Waals surface area (Å²) in [4.78, 5) is 16.5. The number of nitrogens with zero attached hydrogens (tertiary/aromatic N) is 1. The molecule has 0 aliphatic carbocycles. The number of hydrogen-bond acceptors (Lipinski definition) is 2. The van der Waals surface area contributed by atoms with Crippen LogP contribution in [0.5, 0.6) is 0 Å². The highest BCUT2D eigenvalue weighted by atomic mass is 16.1. The normalized spacial score (nSPS) is 11.6. The minimum absolute atomic E-state index is 0.0457. The van der Waals surface area contributed by atoms with Gasteiger partial charge in [0.2, 0.25) is 5.91 Å². The van der Waals surface area contributed by atoms with Crippen molar-refractivity contribution in [1.29, 1.82) is 0 Å². The number of amides is 1. The van der Waals surface area contributed by atoms with Gasteiger partial charge in [0.15, 0.2) is 0 Å². The summed E-state index contributed by atoms with van der Waals surface area (Å²) in [7, 11) is 0. The van der Waals surface area contributed by atoms with Crippen LogP contribution in [-0.2, 0) is 17.8 Å². The molecule has 0 aliphatic rings. The Morgan fingerprint density at radius 1 is 1.19 bits per heavy atom. The molecule has 0 fully saturated rings. The van der Waals surface area contributed by atoms with Crippen LogP contribution in [0.4, 0.5) is 0 Å². The molecule has 1 atom stereocenters. The van der Waals surface area contributed by atoms with Crippen LogP contribution in [0.2, 0.25) is 0 Å². The van der Waals surface area contributed by atoms with E-state index >= 15 is 0 Å². The molecule has 1 amide bonds. The van der Waals surface area contributed by atoms with Gasteiger partial charge >= 0.3 is 0 Å². The smallest absolute Gasteiger partial charge is 0.224 e. The number of carbonyl (C=O) groups is 1. The summed E-state index contributed by atoms with van der Waals surface area (Å²) in [5, 5.41) is 2.95. The van der Waals surface area contributed by atoms with Crippen molar-refractivity contribution in [2.24, 2.45) is 5.92 Å². The summed E-state index contributed by atoms with van der Waals surface area (Å²) in [6.07, 6.45) is 4.92. The van der Waals surface area contributed by atoms with E-state index in [9.17, 15) is 4.79 Å². The van der Waals surface area contributed by atoms with Gasteiger partial charge in [-0.1, -0.05) is 42.5 Å². The van der Waals surface area contributed by atoms with Crippen LogP contribution in [0.25, 0.3) is 0 Å². The molecule has 3 nitrogen and oxygen atoms in total. The van der Waals surface area contributed by atoms with Crippen LogP contribution in [0.15, 0.2) is 67.4 Å². The van der Waals surface area contributed by atoms with Gasteiger partial charge in [0.1, 0.15) is 0 Å². The van der Waals surface area contributed by atoms with Crippen molar-refractivity contribution in [2.75, 3.05) is 0 Å². The van der Waals surface area contributed by atoms with Gasteiger partial charge in [0.25, 0.3) is 0 Å². The van der Waals surface area contributed by atoms with Crippen molar-refractivity contribution in [3.8, 4) is 0 Å². The molecular weight excluding hydrogens is 260 g/mol. The van der Waals surface area contributed by atoms with Crippen molar-refractivity contribution < 1.29 is 4.79 Å². The van der Waals surface area contributed by atoms with Crippen molar-refractivity contribution in [3.63, 3.8) is 0 Å². The number of benzene rings is 1. The van der Waals surface area contributed by atoms with E-state index in [2.05, 4.69) is 16.9 Å². The summed E-state index contributed by atoms with van der Waals surface area (Å²) in [6, 6.07) is 15.7. The number of carbonyl (C=O) groups excluding carboxylic acids is 1. The highest BCUT2D eigenvalue weighted by Gasteiger charge is 2.17. The summed E-state index contributed by atoms with van der Waals surface area (Å²) >= 11 is 0. The molecule has 0 radical (unpaired) electrons. The summed E-state index contributed by atoms with van der Waals surface area (Å²) in [6.45, 7) is 4.21. The van der Waals surface area contributed by atoms with Crippen molar-refractivity contribution in [2.45, 2.75) is 19.4 Å². The second-order valence-corrected chi connectivity index (χ2v) is 4.95. The van der Waals surface area contributed by atoms with Gasteiger partial charge in [-0.15, -0.1) is 6.58 Å². The maximum Gasteiger partial charge on any atom is 0.224 e. The first kappa shape index (κ1) is 15.0. The molecule has 21 heavy (non-hydrogen) atoms. The molecule has 1 heterocycles. The molecule has 0 saturated heterocycles. The first-order chi connectivity index (χ1) is 10.3. The van der Waals surface area contributed by atoms with Gasteiger partial charge in [0.05, 0.1) is 12.2 Å². The van der Waals surface area contributed by atoms with E-state index in [0.717, 1.165) is 17.7 Å². The van der Waals surface area contributed by atoms with E-state index in [1.165, 1.54) is 0 Å². The number of allylic oxidation sites excluding steroid dienone is 1. The Bertz CT molecular complexity index is 566.